The molecular formula is C19H19NO3S. The molecule has 1 aliphatic carbocycles. The number of amides is 1. The van der Waals surface area contributed by atoms with E-state index in [1.165, 1.54) is 4.88 Å². The van der Waals surface area contributed by atoms with E-state index in [2.05, 4.69) is 16.8 Å². The van der Waals surface area contributed by atoms with Crippen LogP contribution in [0.4, 0.5) is 0 Å². The zero-order chi connectivity index (χ0) is 16.6. The van der Waals surface area contributed by atoms with Crippen LogP contribution in [0, 0.1) is 0 Å². The second-order valence-electron chi connectivity index (χ2n) is 6.21. The summed E-state index contributed by atoms with van der Waals surface area (Å²) < 4.78 is 11.1. The first-order valence-electron chi connectivity index (χ1n) is 8.15. The van der Waals surface area contributed by atoms with Gasteiger partial charge in [0.15, 0.2) is 17.1 Å². The Balaban J connectivity index is 1.66. The largest absolute Gasteiger partial charge is 0.493 e. The molecule has 1 fully saturated rings. The molecule has 24 heavy (non-hydrogen) atoms. The van der Waals surface area contributed by atoms with Crippen LogP contribution in [0.1, 0.15) is 41.1 Å². The van der Waals surface area contributed by atoms with Gasteiger partial charge in [-0.25, -0.2) is 0 Å². The van der Waals surface area contributed by atoms with Crippen molar-refractivity contribution in [3.05, 3.63) is 52.4 Å². The standard InChI is InChI=1S/C19H19NO3S/c1-22-14-7-4-6-13-12-15(23-17(13)14)18(21)20-19(9-2-3-10-19)16-8-5-11-24-16/h4-8,11-12H,2-3,9-10H2,1H3,(H,20,21). The third kappa shape index (κ3) is 2.49. The maximum absolute atomic E-state index is 12.8. The number of carbonyl (C=O) groups is 1. The van der Waals surface area contributed by atoms with E-state index in [0.717, 1.165) is 31.1 Å². The first-order valence-corrected chi connectivity index (χ1v) is 9.03. The Bertz CT molecular complexity index is 860. The summed E-state index contributed by atoms with van der Waals surface area (Å²) in [5, 5.41) is 6.18. The molecule has 3 aromatic rings. The third-order valence-corrected chi connectivity index (χ3v) is 5.83. The van der Waals surface area contributed by atoms with Crippen molar-refractivity contribution in [1.82, 2.24) is 5.32 Å². The second-order valence-corrected chi connectivity index (χ2v) is 7.16. The van der Waals surface area contributed by atoms with Gasteiger partial charge in [0.2, 0.25) is 0 Å². The minimum Gasteiger partial charge on any atom is -0.493 e. The van der Waals surface area contributed by atoms with Gasteiger partial charge in [0.05, 0.1) is 12.6 Å². The number of fused-ring (bicyclic) bond motifs is 1. The molecule has 1 amide bonds. The first-order chi connectivity index (χ1) is 11.7. The number of furan rings is 1. The lowest BCUT2D eigenvalue weighted by Crippen LogP contribution is -2.43. The maximum Gasteiger partial charge on any atom is 0.287 e. The average molecular weight is 341 g/mol. The van der Waals surface area contributed by atoms with Crippen molar-refractivity contribution in [1.29, 1.82) is 0 Å². The fraction of sp³-hybridized carbons (Fsp3) is 0.316. The van der Waals surface area contributed by atoms with Crippen molar-refractivity contribution >= 4 is 28.2 Å². The lowest BCUT2D eigenvalue weighted by Gasteiger charge is -2.28. The molecule has 0 spiro atoms. The summed E-state index contributed by atoms with van der Waals surface area (Å²) in [4.78, 5) is 14.1. The van der Waals surface area contributed by atoms with Gasteiger partial charge < -0.3 is 14.5 Å². The summed E-state index contributed by atoms with van der Waals surface area (Å²) >= 11 is 1.70. The van der Waals surface area contributed by atoms with Crippen molar-refractivity contribution in [2.24, 2.45) is 0 Å². The van der Waals surface area contributed by atoms with E-state index < -0.39 is 0 Å². The Kier molecular flexibility index (Phi) is 3.81. The quantitative estimate of drug-likeness (QED) is 0.748. The predicted molar refractivity (Wildman–Crippen MR) is 94.7 cm³/mol. The summed E-state index contributed by atoms with van der Waals surface area (Å²) in [5.74, 6) is 0.807. The van der Waals surface area contributed by atoms with Crippen LogP contribution in [0.15, 0.2) is 46.2 Å². The summed E-state index contributed by atoms with van der Waals surface area (Å²) in [6.07, 6.45) is 4.21. The van der Waals surface area contributed by atoms with E-state index in [-0.39, 0.29) is 11.4 Å². The highest BCUT2D eigenvalue weighted by atomic mass is 32.1. The van der Waals surface area contributed by atoms with Crippen LogP contribution in [0.2, 0.25) is 0 Å². The average Bonchev–Trinajstić information content (AvgIpc) is 3.33. The Morgan fingerprint density at radius 1 is 1.25 bits per heavy atom. The van der Waals surface area contributed by atoms with Gasteiger partial charge in [0.1, 0.15) is 0 Å². The fourth-order valence-electron chi connectivity index (χ4n) is 3.55. The molecule has 4 nitrogen and oxygen atoms in total. The first kappa shape index (κ1) is 15.3. The van der Waals surface area contributed by atoms with Crippen molar-refractivity contribution in [2.45, 2.75) is 31.2 Å². The van der Waals surface area contributed by atoms with Crippen LogP contribution < -0.4 is 10.1 Å². The molecule has 4 rings (SSSR count). The minimum absolute atomic E-state index is 0.163. The number of benzene rings is 1. The number of hydrogen-bond donors (Lipinski definition) is 1. The Morgan fingerprint density at radius 3 is 2.79 bits per heavy atom. The maximum atomic E-state index is 12.8. The van der Waals surface area contributed by atoms with Gasteiger partial charge in [0, 0.05) is 10.3 Å². The van der Waals surface area contributed by atoms with E-state index in [0.29, 0.717) is 17.1 Å². The summed E-state index contributed by atoms with van der Waals surface area (Å²) in [7, 11) is 1.60. The van der Waals surface area contributed by atoms with Crippen molar-refractivity contribution in [3.8, 4) is 5.75 Å². The normalized spacial score (nSPS) is 16.4. The summed E-state index contributed by atoms with van der Waals surface area (Å²) in [6.45, 7) is 0. The smallest absolute Gasteiger partial charge is 0.287 e. The molecule has 0 radical (unpaired) electrons. The Morgan fingerprint density at radius 2 is 2.08 bits per heavy atom. The lowest BCUT2D eigenvalue weighted by atomic mass is 9.95. The summed E-state index contributed by atoms with van der Waals surface area (Å²) in [5.41, 5.74) is 0.357. The molecule has 0 bridgehead atoms. The molecule has 2 heterocycles. The number of hydrogen-bond acceptors (Lipinski definition) is 4. The van der Waals surface area contributed by atoms with Gasteiger partial charge in [-0.3, -0.25) is 4.79 Å². The van der Waals surface area contributed by atoms with Gasteiger partial charge in [-0.15, -0.1) is 11.3 Å². The number of nitrogens with one attached hydrogen (secondary N) is 1. The van der Waals surface area contributed by atoms with Crippen LogP contribution in [-0.4, -0.2) is 13.0 Å². The number of ether oxygens (including phenoxy) is 1. The molecule has 124 valence electrons. The second kappa shape index (κ2) is 5.98. The van der Waals surface area contributed by atoms with Crippen molar-refractivity contribution < 1.29 is 13.9 Å². The molecule has 2 aromatic heterocycles. The van der Waals surface area contributed by atoms with Crippen molar-refractivity contribution in [2.75, 3.05) is 7.11 Å². The van der Waals surface area contributed by atoms with Gasteiger partial charge in [-0.05, 0) is 36.4 Å². The zero-order valence-corrected chi connectivity index (χ0v) is 14.3. The fourth-order valence-corrected chi connectivity index (χ4v) is 4.49. The highest BCUT2D eigenvalue weighted by Crippen LogP contribution is 2.41. The SMILES string of the molecule is COc1cccc2cc(C(=O)NC3(c4cccs4)CCCC3)oc12. The third-order valence-electron chi connectivity index (χ3n) is 4.75. The number of para-hydroxylation sites is 1. The van der Waals surface area contributed by atoms with E-state index >= 15 is 0 Å². The van der Waals surface area contributed by atoms with E-state index in [9.17, 15) is 4.79 Å². The molecular weight excluding hydrogens is 322 g/mol. The minimum atomic E-state index is -0.256. The van der Waals surface area contributed by atoms with Crippen LogP contribution in [0.5, 0.6) is 5.75 Å². The highest BCUT2D eigenvalue weighted by Gasteiger charge is 2.38. The zero-order valence-electron chi connectivity index (χ0n) is 13.5. The van der Waals surface area contributed by atoms with E-state index in [1.807, 2.05) is 24.3 Å². The van der Waals surface area contributed by atoms with E-state index in [4.69, 9.17) is 9.15 Å². The Hall–Kier alpha value is -2.27. The predicted octanol–water partition coefficient (Wildman–Crippen LogP) is 4.70. The molecule has 0 atom stereocenters. The van der Waals surface area contributed by atoms with Gasteiger partial charge >= 0.3 is 0 Å². The molecule has 5 heteroatoms. The number of methoxy groups -OCH3 is 1. The Labute approximate surface area is 144 Å². The van der Waals surface area contributed by atoms with Crippen LogP contribution in [-0.2, 0) is 5.54 Å². The monoisotopic (exact) mass is 341 g/mol. The van der Waals surface area contributed by atoms with Gasteiger partial charge in [-0.1, -0.05) is 31.0 Å². The number of carbonyl (C=O) groups excluding carboxylic acids is 1. The number of thiophene rings is 1. The topological polar surface area (TPSA) is 51.5 Å². The van der Waals surface area contributed by atoms with Crippen molar-refractivity contribution in [3.63, 3.8) is 0 Å². The summed E-state index contributed by atoms with van der Waals surface area (Å²) in [6, 6.07) is 11.6. The van der Waals surface area contributed by atoms with E-state index in [1.54, 1.807) is 24.5 Å². The lowest BCUT2D eigenvalue weighted by molar-refractivity contribution is 0.0873. The molecule has 1 saturated carbocycles. The van der Waals surface area contributed by atoms with Gasteiger partial charge in [-0.2, -0.15) is 0 Å². The molecule has 1 N–H and O–H groups in total. The molecule has 0 aliphatic heterocycles. The molecule has 0 unspecified atom stereocenters. The van der Waals surface area contributed by atoms with Crippen LogP contribution in [0.3, 0.4) is 0 Å². The van der Waals surface area contributed by atoms with Gasteiger partial charge in [0.25, 0.3) is 5.91 Å². The molecule has 1 aliphatic rings. The highest BCUT2D eigenvalue weighted by molar-refractivity contribution is 7.10. The van der Waals surface area contributed by atoms with Crippen LogP contribution in [0.25, 0.3) is 11.0 Å². The van der Waals surface area contributed by atoms with Crippen LogP contribution >= 0.6 is 11.3 Å². The molecule has 0 saturated heterocycles. The molecule has 1 aromatic carbocycles. The number of rotatable bonds is 4.